The van der Waals surface area contributed by atoms with E-state index in [0.29, 0.717) is 5.41 Å². The summed E-state index contributed by atoms with van der Waals surface area (Å²) in [5.74, 6) is 0.849. The van der Waals surface area contributed by atoms with E-state index in [1.807, 2.05) is 13.2 Å². The van der Waals surface area contributed by atoms with E-state index in [2.05, 4.69) is 48.1 Å². The van der Waals surface area contributed by atoms with E-state index in [1.54, 1.807) is 0 Å². The molecule has 2 heterocycles. The Kier molecular flexibility index (Phi) is 4.46. The molecule has 0 aliphatic carbocycles. The van der Waals surface area contributed by atoms with Crippen LogP contribution >= 0.6 is 0 Å². The van der Waals surface area contributed by atoms with E-state index >= 15 is 0 Å². The van der Waals surface area contributed by atoms with Crippen molar-refractivity contribution in [2.75, 3.05) is 25.0 Å². The highest BCUT2D eigenvalue weighted by molar-refractivity contribution is 5.46. The first kappa shape index (κ1) is 14.3. The Morgan fingerprint density at radius 1 is 1.32 bits per heavy atom. The van der Waals surface area contributed by atoms with Crippen molar-refractivity contribution in [2.45, 2.75) is 40.2 Å². The first-order valence-electron chi connectivity index (χ1n) is 7.35. The summed E-state index contributed by atoms with van der Waals surface area (Å²) in [5, 5.41) is 3.16. The van der Waals surface area contributed by atoms with Crippen LogP contribution in [0.2, 0.25) is 0 Å². The second-order valence-electron chi connectivity index (χ2n) is 6.66. The Hall–Kier alpha value is -1.09. The van der Waals surface area contributed by atoms with E-state index in [1.165, 1.54) is 31.6 Å². The number of hydrogen-bond donors (Lipinski definition) is 1. The smallest absolute Gasteiger partial charge is 0.0562 e. The summed E-state index contributed by atoms with van der Waals surface area (Å²) in [6, 6.07) is 4.35. The van der Waals surface area contributed by atoms with Crippen LogP contribution in [0.15, 0.2) is 18.3 Å². The molecule has 1 aliphatic heterocycles. The van der Waals surface area contributed by atoms with Gasteiger partial charge in [0.05, 0.1) is 5.69 Å². The standard InChI is InChI=1S/C16H27N3/c1-16(2,3)13-6-9-19(10-7-13)15-5-8-18-14(11-15)12-17-4/h5,8,11,13,17H,6-7,9-10,12H2,1-4H3. The predicted octanol–water partition coefficient (Wildman–Crippen LogP) is 3.06. The number of anilines is 1. The largest absolute Gasteiger partial charge is 0.371 e. The lowest BCUT2D eigenvalue weighted by Gasteiger charge is -2.39. The SMILES string of the molecule is CNCc1cc(N2CCC(C(C)(C)C)CC2)ccn1. The average Bonchev–Trinajstić information content (AvgIpc) is 2.39. The van der Waals surface area contributed by atoms with Crippen molar-refractivity contribution in [1.82, 2.24) is 10.3 Å². The van der Waals surface area contributed by atoms with Gasteiger partial charge in [-0.05, 0) is 43.4 Å². The molecule has 0 aromatic carbocycles. The highest BCUT2D eigenvalue weighted by Crippen LogP contribution is 2.35. The maximum atomic E-state index is 4.39. The molecule has 1 aliphatic rings. The van der Waals surface area contributed by atoms with Gasteiger partial charge in [-0.2, -0.15) is 0 Å². The lowest BCUT2D eigenvalue weighted by Crippen LogP contribution is -2.38. The quantitative estimate of drug-likeness (QED) is 0.906. The third-order valence-corrected chi connectivity index (χ3v) is 4.24. The molecule has 3 nitrogen and oxygen atoms in total. The Morgan fingerprint density at radius 3 is 2.58 bits per heavy atom. The third-order valence-electron chi connectivity index (χ3n) is 4.24. The van der Waals surface area contributed by atoms with Crippen molar-refractivity contribution < 1.29 is 0 Å². The average molecular weight is 261 g/mol. The van der Waals surface area contributed by atoms with Gasteiger partial charge in [0.2, 0.25) is 0 Å². The lowest BCUT2D eigenvalue weighted by atomic mass is 9.75. The van der Waals surface area contributed by atoms with Gasteiger partial charge in [-0.3, -0.25) is 4.98 Å². The number of pyridine rings is 1. The predicted molar refractivity (Wildman–Crippen MR) is 81.4 cm³/mol. The van der Waals surface area contributed by atoms with Crippen LogP contribution in [0.1, 0.15) is 39.3 Å². The van der Waals surface area contributed by atoms with Gasteiger partial charge in [0.25, 0.3) is 0 Å². The van der Waals surface area contributed by atoms with E-state index in [0.717, 1.165) is 18.2 Å². The zero-order valence-electron chi connectivity index (χ0n) is 12.7. The molecular formula is C16H27N3. The molecular weight excluding hydrogens is 234 g/mol. The summed E-state index contributed by atoms with van der Waals surface area (Å²) >= 11 is 0. The number of rotatable bonds is 3. The fourth-order valence-corrected chi connectivity index (χ4v) is 2.94. The lowest BCUT2D eigenvalue weighted by molar-refractivity contribution is 0.199. The Balaban J connectivity index is 1.99. The molecule has 0 saturated carbocycles. The number of piperidine rings is 1. The molecule has 0 amide bonds. The molecule has 2 rings (SSSR count). The molecule has 0 unspecified atom stereocenters. The van der Waals surface area contributed by atoms with Crippen LogP contribution in [0.25, 0.3) is 0 Å². The molecule has 0 radical (unpaired) electrons. The van der Waals surface area contributed by atoms with E-state index in [-0.39, 0.29) is 0 Å². The van der Waals surface area contributed by atoms with Gasteiger partial charge in [-0.15, -0.1) is 0 Å². The number of nitrogens with one attached hydrogen (secondary N) is 1. The molecule has 0 bridgehead atoms. The van der Waals surface area contributed by atoms with Crippen LogP contribution in [0.4, 0.5) is 5.69 Å². The van der Waals surface area contributed by atoms with E-state index in [9.17, 15) is 0 Å². The van der Waals surface area contributed by atoms with Crippen molar-refractivity contribution in [2.24, 2.45) is 11.3 Å². The van der Waals surface area contributed by atoms with Gasteiger partial charge < -0.3 is 10.2 Å². The Labute approximate surface area is 117 Å². The summed E-state index contributed by atoms with van der Waals surface area (Å²) in [6.07, 6.45) is 4.53. The molecule has 3 heteroatoms. The molecule has 1 aromatic rings. The van der Waals surface area contributed by atoms with Crippen molar-refractivity contribution in [3.63, 3.8) is 0 Å². The third kappa shape index (κ3) is 3.69. The number of nitrogens with zero attached hydrogens (tertiary/aromatic N) is 2. The molecule has 1 saturated heterocycles. The molecule has 19 heavy (non-hydrogen) atoms. The van der Waals surface area contributed by atoms with Gasteiger partial charge in [0, 0.05) is 31.5 Å². The number of aromatic nitrogens is 1. The van der Waals surface area contributed by atoms with Gasteiger partial charge in [0.1, 0.15) is 0 Å². The monoisotopic (exact) mass is 261 g/mol. The topological polar surface area (TPSA) is 28.2 Å². The summed E-state index contributed by atoms with van der Waals surface area (Å²) in [6.45, 7) is 10.3. The molecule has 0 spiro atoms. The summed E-state index contributed by atoms with van der Waals surface area (Å²) < 4.78 is 0. The van der Waals surface area contributed by atoms with Gasteiger partial charge in [0.15, 0.2) is 0 Å². The maximum Gasteiger partial charge on any atom is 0.0562 e. The first-order valence-corrected chi connectivity index (χ1v) is 7.35. The fourth-order valence-electron chi connectivity index (χ4n) is 2.94. The zero-order valence-corrected chi connectivity index (χ0v) is 12.7. The Morgan fingerprint density at radius 2 is 2.00 bits per heavy atom. The summed E-state index contributed by atoms with van der Waals surface area (Å²) in [7, 11) is 1.96. The van der Waals surface area contributed by atoms with Gasteiger partial charge in [-0.25, -0.2) is 0 Å². The molecule has 1 aromatic heterocycles. The maximum absolute atomic E-state index is 4.39. The second-order valence-corrected chi connectivity index (χ2v) is 6.66. The van der Waals surface area contributed by atoms with Crippen LogP contribution in [-0.4, -0.2) is 25.1 Å². The normalized spacial score (nSPS) is 17.8. The molecule has 1 fully saturated rings. The van der Waals surface area contributed by atoms with Crippen LogP contribution in [0.3, 0.4) is 0 Å². The van der Waals surface area contributed by atoms with Crippen molar-refractivity contribution in [3.05, 3.63) is 24.0 Å². The van der Waals surface area contributed by atoms with Crippen molar-refractivity contribution in [3.8, 4) is 0 Å². The second kappa shape index (κ2) is 5.91. The van der Waals surface area contributed by atoms with Crippen LogP contribution in [0.5, 0.6) is 0 Å². The van der Waals surface area contributed by atoms with Gasteiger partial charge >= 0.3 is 0 Å². The molecule has 1 N–H and O–H groups in total. The molecule has 106 valence electrons. The molecule has 0 atom stereocenters. The van der Waals surface area contributed by atoms with Gasteiger partial charge in [-0.1, -0.05) is 20.8 Å². The van der Waals surface area contributed by atoms with Crippen LogP contribution in [0, 0.1) is 11.3 Å². The van der Waals surface area contributed by atoms with Crippen LogP contribution in [-0.2, 0) is 6.54 Å². The minimum atomic E-state index is 0.446. The van der Waals surface area contributed by atoms with Crippen LogP contribution < -0.4 is 10.2 Å². The summed E-state index contributed by atoms with van der Waals surface area (Å²) in [4.78, 5) is 6.89. The van der Waals surface area contributed by atoms with Crippen molar-refractivity contribution >= 4 is 5.69 Å². The first-order chi connectivity index (χ1) is 9.00. The Bertz CT molecular complexity index is 401. The minimum Gasteiger partial charge on any atom is -0.371 e. The highest BCUT2D eigenvalue weighted by Gasteiger charge is 2.28. The summed E-state index contributed by atoms with van der Waals surface area (Å²) in [5.41, 5.74) is 2.90. The number of hydrogen-bond acceptors (Lipinski definition) is 3. The van der Waals surface area contributed by atoms with E-state index < -0.39 is 0 Å². The van der Waals surface area contributed by atoms with Crippen molar-refractivity contribution in [1.29, 1.82) is 0 Å². The fraction of sp³-hybridized carbons (Fsp3) is 0.688. The minimum absolute atomic E-state index is 0.446. The zero-order chi connectivity index (χ0) is 13.9. The highest BCUT2D eigenvalue weighted by atomic mass is 15.1. The van der Waals surface area contributed by atoms with E-state index in [4.69, 9.17) is 0 Å².